The van der Waals surface area contributed by atoms with Gasteiger partial charge in [0.05, 0.1) is 29.6 Å². The minimum Gasteiger partial charge on any atom is -0.326 e. The van der Waals surface area contributed by atoms with Crippen LogP contribution in [0.25, 0.3) is 0 Å². The summed E-state index contributed by atoms with van der Waals surface area (Å²) in [5, 5.41) is 18.5. The lowest BCUT2D eigenvalue weighted by Crippen LogP contribution is -2.32. The quantitative estimate of drug-likeness (QED) is 0.843. The van der Waals surface area contributed by atoms with E-state index in [-0.39, 0.29) is 6.17 Å². The number of imidazole rings is 1. The summed E-state index contributed by atoms with van der Waals surface area (Å²) in [6.45, 7) is 7.81. The summed E-state index contributed by atoms with van der Waals surface area (Å²) in [5.41, 5.74) is 3.02. The average molecular weight is 266 g/mol. The van der Waals surface area contributed by atoms with Gasteiger partial charge in [0.2, 0.25) is 0 Å². The van der Waals surface area contributed by atoms with Crippen molar-refractivity contribution in [2.24, 2.45) is 0 Å². The highest BCUT2D eigenvalue weighted by Crippen LogP contribution is 2.35. The molecule has 0 amide bonds. The molecule has 0 saturated carbocycles. The molecule has 1 radical (unpaired) electrons. The Kier molecular flexibility index (Phi) is 3.91. The Hall–Kier alpha value is -2.53. The van der Waals surface area contributed by atoms with Crippen LogP contribution in [0.1, 0.15) is 32.9 Å². The Morgan fingerprint density at radius 1 is 1.30 bits per heavy atom. The van der Waals surface area contributed by atoms with E-state index in [2.05, 4.69) is 24.0 Å². The number of rotatable bonds is 3. The molecule has 1 atom stereocenters. The maximum Gasteiger partial charge on any atom is 0.111 e. The summed E-state index contributed by atoms with van der Waals surface area (Å²) in [5.74, 6) is 0. The Morgan fingerprint density at radius 3 is 2.30 bits per heavy atom. The smallest absolute Gasteiger partial charge is 0.111 e. The van der Waals surface area contributed by atoms with Crippen molar-refractivity contribution < 1.29 is 0 Å². The van der Waals surface area contributed by atoms with Crippen LogP contribution in [0.4, 0.5) is 0 Å². The molecule has 5 heteroatoms. The van der Waals surface area contributed by atoms with E-state index < -0.39 is 0 Å². The predicted molar refractivity (Wildman–Crippen MR) is 74.3 cm³/mol. The largest absolute Gasteiger partial charge is 0.326 e. The zero-order valence-electron chi connectivity index (χ0n) is 11.7. The van der Waals surface area contributed by atoms with Crippen LogP contribution in [-0.4, -0.2) is 14.5 Å². The minimum absolute atomic E-state index is 0.0792. The van der Waals surface area contributed by atoms with E-state index in [4.69, 9.17) is 0 Å². The molecular weight excluding hydrogens is 250 g/mol. The standard InChI is InChI=1S/C15H16N5/c1-4-15(19-6-5-18-10-19)20-11(2)13(8-16)7-14(9-17)12(20)3/h5-6,10,15H,1,4,7H2,2-3H3. The molecule has 0 bridgehead atoms. The van der Waals surface area contributed by atoms with Crippen LogP contribution >= 0.6 is 0 Å². The second-order valence-corrected chi connectivity index (χ2v) is 4.68. The Morgan fingerprint density at radius 2 is 1.90 bits per heavy atom. The van der Waals surface area contributed by atoms with Gasteiger partial charge in [0.25, 0.3) is 0 Å². The molecule has 0 aliphatic carbocycles. The van der Waals surface area contributed by atoms with Gasteiger partial charge < -0.3 is 9.47 Å². The summed E-state index contributed by atoms with van der Waals surface area (Å²) < 4.78 is 1.94. The Labute approximate surface area is 119 Å². The highest BCUT2D eigenvalue weighted by Gasteiger charge is 2.28. The van der Waals surface area contributed by atoms with Crippen LogP contribution in [0.5, 0.6) is 0 Å². The van der Waals surface area contributed by atoms with Crippen LogP contribution in [0, 0.1) is 29.6 Å². The highest BCUT2D eigenvalue weighted by atomic mass is 15.3. The van der Waals surface area contributed by atoms with Crippen molar-refractivity contribution in [1.29, 1.82) is 10.5 Å². The molecule has 20 heavy (non-hydrogen) atoms. The molecule has 0 fully saturated rings. The fourth-order valence-electron chi connectivity index (χ4n) is 2.52. The summed E-state index contributed by atoms with van der Waals surface area (Å²) in [6.07, 6.45) is 6.23. The average Bonchev–Trinajstić information content (AvgIpc) is 2.97. The normalized spacial score (nSPS) is 16.9. The second-order valence-electron chi connectivity index (χ2n) is 4.68. The summed E-state index contributed by atoms with van der Waals surface area (Å²) in [6, 6.07) is 4.40. The van der Waals surface area contributed by atoms with Gasteiger partial charge in [-0.05, 0) is 27.2 Å². The molecule has 5 nitrogen and oxygen atoms in total. The molecule has 1 aromatic rings. The number of nitrogens with zero attached hydrogens (tertiary/aromatic N) is 5. The molecule has 2 heterocycles. The van der Waals surface area contributed by atoms with Gasteiger partial charge in [-0.25, -0.2) is 4.98 Å². The maximum atomic E-state index is 9.26. The first-order valence-electron chi connectivity index (χ1n) is 6.39. The molecule has 1 unspecified atom stereocenters. The van der Waals surface area contributed by atoms with E-state index in [9.17, 15) is 10.5 Å². The highest BCUT2D eigenvalue weighted by molar-refractivity contribution is 5.43. The third-order valence-electron chi connectivity index (χ3n) is 3.64. The van der Waals surface area contributed by atoms with Gasteiger partial charge in [-0.3, -0.25) is 0 Å². The van der Waals surface area contributed by atoms with Gasteiger partial charge in [-0.15, -0.1) is 0 Å². The van der Waals surface area contributed by atoms with Gasteiger partial charge in [0.15, 0.2) is 0 Å². The first-order valence-corrected chi connectivity index (χ1v) is 6.39. The zero-order valence-corrected chi connectivity index (χ0v) is 11.7. The van der Waals surface area contributed by atoms with Crippen molar-refractivity contribution in [3.05, 3.63) is 48.2 Å². The minimum atomic E-state index is -0.0792. The van der Waals surface area contributed by atoms with E-state index in [0.717, 1.165) is 11.4 Å². The Balaban J connectivity index is 2.53. The number of hydrogen-bond donors (Lipinski definition) is 0. The molecule has 2 rings (SSSR count). The number of allylic oxidation sites excluding steroid dienone is 4. The topological polar surface area (TPSA) is 68.6 Å². The van der Waals surface area contributed by atoms with E-state index in [1.54, 1.807) is 12.5 Å². The van der Waals surface area contributed by atoms with Crippen molar-refractivity contribution >= 4 is 0 Å². The molecule has 1 aliphatic heterocycles. The van der Waals surface area contributed by atoms with Gasteiger partial charge in [-0.1, -0.05) is 0 Å². The van der Waals surface area contributed by atoms with E-state index in [0.29, 0.717) is 24.0 Å². The molecular formula is C15H16N5. The SMILES string of the molecule is [CH2]CC(N1C(C)=C(C#N)CC(C#N)=C1C)n1ccnc1. The number of aromatic nitrogens is 2. The van der Waals surface area contributed by atoms with Crippen molar-refractivity contribution in [3.8, 4) is 12.1 Å². The lowest BCUT2D eigenvalue weighted by Gasteiger charge is -2.38. The third kappa shape index (κ3) is 2.19. The van der Waals surface area contributed by atoms with Crippen LogP contribution in [0.15, 0.2) is 41.3 Å². The molecule has 1 aromatic heterocycles. The number of hydrogen-bond acceptors (Lipinski definition) is 4. The summed E-state index contributed by atoms with van der Waals surface area (Å²) in [7, 11) is 0. The Bertz CT molecular complexity index is 601. The summed E-state index contributed by atoms with van der Waals surface area (Å²) in [4.78, 5) is 6.07. The first kappa shape index (κ1) is 13.9. The molecule has 1 aliphatic rings. The van der Waals surface area contributed by atoms with E-state index in [1.165, 1.54) is 0 Å². The van der Waals surface area contributed by atoms with Crippen LogP contribution in [0.3, 0.4) is 0 Å². The third-order valence-corrected chi connectivity index (χ3v) is 3.64. The monoisotopic (exact) mass is 266 g/mol. The van der Waals surface area contributed by atoms with Crippen molar-refractivity contribution in [2.75, 3.05) is 0 Å². The molecule has 101 valence electrons. The lowest BCUT2D eigenvalue weighted by molar-refractivity contribution is 0.228. The van der Waals surface area contributed by atoms with Crippen LogP contribution in [-0.2, 0) is 0 Å². The van der Waals surface area contributed by atoms with Crippen LogP contribution in [0.2, 0.25) is 0 Å². The van der Waals surface area contributed by atoms with E-state index in [1.807, 2.05) is 29.5 Å². The van der Waals surface area contributed by atoms with Gasteiger partial charge in [-0.2, -0.15) is 10.5 Å². The van der Waals surface area contributed by atoms with Gasteiger partial charge in [0, 0.05) is 30.2 Å². The van der Waals surface area contributed by atoms with Gasteiger partial charge >= 0.3 is 0 Å². The number of nitriles is 2. The summed E-state index contributed by atoms with van der Waals surface area (Å²) >= 11 is 0. The predicted octanol–water partition coefficient (Wildman–Crippen LogP) is 2.91. The molecule has 0 spiro atoms. The molecule has 0 N–H and O–H groups in total. The second kappa shape index (κ2) is 5.63. The first-order chi connectivity index (χ1) is 9.63. The van der Waals surface area contributed by atoms with Gasteiger partial charge in [0.1, 0.15) is 6.17 Å². The fraction of sp³-hybridized carbons (Fsp3) is 0.333. The maximum absolute atomic E-state index is 9.26. The lowest BCUT2D eigenvalue weighted by atomic mass is 9.97. The van der Waals surface area contributed by atoms with Crippen molar-refractivity contribution in [2.45, 2.75) is 32.9 Å². The zero-order chi connectivity index (χ0) is 14.7. The van der Waals surface area contributed by atoms with Crippen molar-refractivity contribution in [1.82, 2.24) is 14.5 Å². The molecule has 0 aromatic carbocycles. The fourth-order valence-corrected chi connectivity index (χ4v) is 2.52. The van der Waals surface area contributed by atoms with Crippen molar-refractivity contribution in [3.63, 3.8) is 0 Å². The van der Waals surface area contributed by atoms with Crippen LogP contribution < -0.4 is 0 Å². The van der Waals surface area contributed by atoms with E-state index >= 15 is 0 Å². The molecule has 0 saturated heterocycles.